The van der Waals surface area contributed by atoms with E-state index >= 15 is 0 Å². The molecule has 0 saturated heterocycles. The SMILES string of the molecule is Cc1sc2c(c1C)C(c1ccc(Cl)cc1)=N[C@@H](CC(=O)NCC#Cc1oc(C#CCN)cc1CO)c1nnc(C)n1-2. The molecule has 1 atom stereocenters. The highest BCUT2D eigenvalue weighted by Crippen LogP contribution is 2.39. The molecule has 0 spiro atoms. The predicted molar refractivity (Wildman–Crippen MR) is 158 cm³/mol. The fourth-order valence-electron chi connectivity index (χ4n) is 4.50. The molecule has 4 N–H and O–H groups in total. The van der Waals surface area contributed by atoms with E-state index < -0.39 is 6.04 Å². The monoisotopic (exact) mass is 586 g/mol. The van der Waals surface area contributed by atoms with E-state index in [9.17, 15) is 9.90 Å². The second-order valence-electron chi connectivity index (χ2n) is 9.32. The Hall–Kier alpha value is -4.19. The third-order valence-corrected chi connectivity index (χ3v) is 8.05. The van der Waals surface area contributed by atoms with E-state index in [-0.39, 0.29) is 32.0 Å². The number of furan rings is 1. The molecule has 4 heterocycles. The molecule has 11 heteroatoms. The van der Waals surface area contributed by atoms with E-state index in [4.69, 9.17) is 26.7 Å². The Kier molecular flexibility index (Phi) is 8.39. The predicted octanol–water partition coefficient (Wildman–Crippen LogP) is 3.75. The van der Waals surface area contributed by atoms with Crippen LogP contribution in [0.25, 0.3) is 5.00 Å². The van der Waals surface area contributed by atoms with Crippen LogP contribution in [-0.4, -0.2) is 44.6 Å². The van der Waals surface area contributed by atoms with E-state index in [0.717, 1.165) is 33.2 Å². The van der Waals surface area contributed by atoms with Crippen molar-refractivity contribution < 1.29 is 14.3 Å². The Morgan fingerprint density at radius 2 is 1.98 bits per heavy atom. The van der Waals surface area contributed by atoms with Crippen molar-refractivity contribution in [1.82, 2.24) is 20.1 Å². The molecule has 1 aromatic carbocycles. The van der Waals surface area contributed by atoms with Gasteiger partial charge >= 0.3 is 0 Å². The lowest BCUT2D eigenvalue weighted by atomic mass is 9.99. The number of carbonyl (C=O) groups excluding carboxylic acids is 1. The van der Waals surface area contributed by atoms with Crippen molar-refractivity contribution in [1.29, 1.82) is 0 Å². The van der Waals surface area contributed by atoms with Crippen LogP contribution in [0.4, 0.5) is 0 Å². The number of rotatable bonds is 5. The molecule has 0 unspecified atom stereocenters. The zero-order chi connectivity index (χ0) is 29.1. The molecular formula is C30H27ClN6O3S. The third-order valence-electron chi connectivity index (χ3n) is 6.60. The summed E-state index contributed by atoms with van der Waals surface area (Å²) in [4.78, 5) is 19.4. The van der Waals surface area contributed by atoms with Gasteiger partial charge in [0.2, 0.25) is 5.91 Å². The second-order valence-corrected chi connectivity index (χ2v) is 11.0. The number of hydrogen-bond acceptors (Lipinski definition) is 8. The maximum absolute atomic E-state index is 13.1. The van der Waals surface area contributed by atoms with E-state index in [2.05, 4.69) is 53.0 Å². The normalized spacial score (nSPS) is 13.6. The number of nitrogens with zero attached hydrogens (tertiary/aromatic N) is 4. The van der Waals surface area contributed by atoms with Gasteiger partial charge in [0.15, 0.2) is 17.3 Å². The van der Waals surface area contributed by atoms with Gasteiger partial charge in [-0.25, -0.2) is 0 Å². The van der Waals surface area contributed by atoms with Gasteiger partial charge < -0.3 is 20.6 Å². The van der Waals surface area contributed by atoms with Gasteiger partial charge in [-0.2, -0.15) is 0 Å². The standard InChI is InChI=1S/C30H27ClN6O3S/c1-17-18(2)41-30-27(17)28(20-8-10-22(31)11-9-20)34-24(29-36-35-19(3)37(29)30)15-26(39)33-13-5-7-25-21(16-38)14-23(40-25)6-4-12-32/h8-11,14,24,38H,12-13,15-16,32H2,1-3H3,(H,33,39)/t24-/m0/s1. The van der Waals surface area contributed by atoms with E-state index in [1.54, 1.807) is 17.4 Å². The van der Waals surface area contributed by atoms with Crippen LogP contribution in [0.15, 0.2) is 39.7 Å². The number of halogens is 1. The van der Waals surface area contributed by atoms with Gasteiger partial charge in [-0.3, -0.25) is 14.4 Å². The summed E-state index contributed by atoms with van der Waals surface area (Å²) in [5, 5.41) is 22.8. The zero-order valence-corrected chi connectivity index (χ0v) is 24.3. The van der Waals surface area contributed by atoms with Crippen molar-refractivity contribution in [3.8, 4) is 28.7 Å². The number of benzene rings is 1. The average Bonchev–Trinajstić information content (AvgIpc) is 3.60. The maximum Gasteiger partial charge on any atom is 0.223 e. The number of aromatic nitrogens is 3. The topological polar surface area (TPSA) is 132 Å². The molecule has 1 aliphatic rings. The van der Waals surface area contributed by atoms with Crippen LogP contribution < -0.4 is 11.1 Å². The fourth-order valence-corrected chi connectivity index (χ4v) is 5.84. The fraction of sp³-hybridized carbons (Fsp3) is 0.267. The van der Waals surface area contributed by atoms with E-state index in [1.165, 1.54) is 4.88 Å². The van der Waals surface area contributed by atoms with Gasteiger partial charge in [-0.05, 0) is 56.4 Å². The first-order chi connectivity index (χ1) is 19.8. The van der Waals surface area contributed by atoms with Crippen LogP contribution in [0.3, 0.4) is 0 Å². The molecular weight excluding hydrogens is 560 g/mol. The Bertz CT molecular complexity index is 1780. The molecule has 1 amide bonds. The average molecular weight is 587 g/mol. The van der Waals surface area contributed by atoms with Crippen molar-refractivity contribution in [2.45, 2.75) is 39.8 Å². The number of fused-ring (bicyclic) bond motifs is 3. The number of hydrogen-bond donors (Lipinski definition) is 3. The minimum Gasteiger partial charge on any atom is -0.439 e. The lowest BCUT2D eigenvalue weighted by molar-refractivity contribution is -0.121. The lowest BCUT2D eigenvalue weighted by Gasteiger charge is -2.12. The summed E-state index contributed by atoms with van der Waals surface area (Å²) in [6, 6.07) is 8.58. The zero-order valence-electron chi connectivity index (χ0n) is 22.7. The molecule has 208 valence electrons. The molecule has 0 saturated carbocycles. The Labute approximate surface area is 246 Å². The number of aliphatic imine (C=N–C) groups is 1. The summed E-state index contributed by atoms with van der Waals surface area (Å²) in [5.41, 5.74) is 9.72. The van der Waals surface area contributed by atoms with Crippen LogP contribution in [0.1, 0.15) is 62.8 Å². The quantitative estimate of drug-likeness (QED) is 0.305. The van der Waals surface area contributed by atoms with Gasteiger partial charge in [-0.15, -0.1) is 21.5 Å². The Morgan fingerprint density at radius 3 is 2.71 bits per heavy atom. The molecule has 5 rings (SSSR count). The van der Waals surface area contributed by atoms with Gasteiger partial charge in [-0.1, -0.05) is 35.6 Å². The highest BCUT2D eigenvalue weighted by molar-refractivity contribution is 7.15. The number of thiophene rings is 1. The number of aryl methyl sites for hydroxylation is 2. The lowest BCUT2D eigenvalue weighted by Crippen LogP contribution is -2.25. The number of nitrogens with one attached hydrogen (secondary N) is 1. The Balaban J connectivity index is 1.41. The molecule has 1 aliphatic heterocycles. The molecule has 41 heavy (non-hydrogen) atoms. The number of aliphatic hydroxyl groups excluding tert-OH is 1. The summed E-state index contributed by atoms with van der Waals surface area (Å²) in [5.74, 6) is 12.9. The van der Waals surface area contributed by atoms with Crippen LogP contribution in [0.2, 0.25) is 5.02 Å². The summed E-state index contributed by atoms with van der Waals surface area (Å²) in [6.45, 7) is 6.08. The molecule has 9 nitrogen and oxygen atoms in total. The minimum atomic E-state index is -0.580. The van der Waals surface area contributed by atoms with Crippen LogP contribution >= 0.6 is 22.9 Å². The first-order valence-electron chi connectivity index (χ1n) is 12.8. The van der Waals surface area contributed by atoms with Crippen LogP contribution in [0.5, 0.6) is 0 Å². The summed E-state index contributed by atoms with van der Waals surface area (Å²) in [6.07, 6.45) is 0.0470. The highest BCUT2D eigenvalue weighted by atomic mass is 35.5. The number of nitrogens with two attached hydrogens (primary N) is 1. The van der Waals surface area contributed by atoms with Crippen molar-refractivity contribution >= 4 is 34.6 Å². The minimum absolute atomic E-state index is 0.0470. The number of carbonyl (C=O) groups is 1. The number of amides is 1. The van der Waals surface area contributed by atoms with Crippen molar-refractivity contribution in [2.75, 3.05) is 13.1 Å². The third kappa shape index (κ3) is 5.83. The summed E-state index contributed by atoms with van der Waals surface area (Å²) < 4.78 is 7.58. The first-order valence-corrected chi connectivity index (χ1v) is 14.0. The number of aliphatic hydroxyl groups is 1. The molecule has 0 bridgehead atoms. The van der Waals surface area contributed by atoms with Crippen molar-refractivity contribution in [3.05, 3.63) is 85.7 Å². The van der Waals surface area contributed by atoms with Crippen molar-refractivity contribution in [2.24, 2.45) is 10.7 Å². The summed E-state index contributed by atoms with van der Waals surface area (Å²) >= 11 is 7.83. The van der Waals surface area contributed by atoms with E-state index in [0.29, 0.717) is 27.9 Å². The Morgan fingerprint density at radius 1 is 1.20 bits per heavy atom. The van der Waals surface area contributed by atoms with Crippen LogP contribution in [0, 0.1) is 44.5 Å². The molecule has 0 radical (unpaired) electrons. The van der Waals surface area contributed by atoms with Gasteiger partial charge in [0.05, 0.1) is 31.8 Å². The summed E-state index contributed by atoms with van der Waals surface area (Å²) in [7, 11) is 0. The van der Waals surface area contributed by atoms with Gasteiger partial charge in [0.25, 0.3) is 0 Å². The van der Waals surface area contributed by atoms with Crippen LogP contribution in [-0.2, 0) is 11.4 Å². The second kappa shape index (κ2) is 12.1. The maximum atomic E-state index is 13.1. The molecule has 0 aliphatic carbocycles. The van der Waals surface area contributed by atoms with Gasteiger partial charge in [0.1, 0.15) is 16.9 Å². The smallest absolute Gasteiger partial charge is 0.223 e. The van der Waals surface area contributed by atoms with Gasteiger partial charge in [0, 0.05) is 26.6 Å². The molecule has 3 aromatic heterocycles. The first kappa shape index (κ1) is 28.3. The van der Waals surface area contributed by atoms with E-state index in [1.807, 2.05) is 35.8 Å². The highest BCUT2D eigenvalue weighted by Gasteiger charge is 2.32. The molecule has 0 fully saturated rings. The van der Waals surface area contributed by atoms with Crippen molar-refractivity contribution in [3.63, 3.8) is 0 Å². The molecule has 4 aromatic rings. The largest absolute Gasteiger partial charge is 0.439 e.